The van der Waals surface area contributed by atoms with Crippen LogP contribution in [0.3, 0.4) is 0 Å². The Hall–Kier alpha value is -5.71. The molecular weight excluding hydrogens is 567 g/mol. The molecule has 0 fully saturated rings. The fraction of sp³-hybridized carbons (Fsp3) is 0. The van der Waals surface area contributed by atoms with Crippen LogP contribution in [0.25, 0.3) is 87.0 Å². The Morgan fingerprint density at radius 1 is 0.356 bits per heavy atom. The number of hydrogen-bond donors (Lipinski definition) is 0. The minimum Gasteiger partial charge on any atom is -0.208 e. The van der Waals surface area contributed by atoms with Crippen molar-refractivity contribution in [2.24, 2.45) is 0 Å². The maximum atomic E-state index is 5.11. The molecule has 0 atom stereocenters. The van der Waals surface area contributed by atoms with Gasteiger partial charge in [-0.2, -0.15) is 0 Å². The van der Waals surface area contributed by atoms with E-state index in [0.29, 0.717) is 17.5 Å². The maximum absolute atomic E-state index is 5.11. The van der Waals surface area contributed by atoms with Crippen molar-refractivity contribution in [3.05, 3.63) is 152 Å². The highest BCUT2D eigenvalue weighted by atomic mass is 32.1. The first kappa shape index (κ1) is 25.8. The van der Waals surface area contributed by atoms with Gasteiger partial charge in [0.25, 0.3) is 0 Å². The first-order chi connectivity index (χ1) is 22.3. The predicted molar refractivity (Wildman–Crippen MR) is 189 cm³/mol. The van der Waals surface area contributed by atoms with E-state index in [9.17, 15) is 0 Å². The molecule has 0 saturated heterocycles. The van der Waals surface area contributed by atoms with Crippen LogP contribution in [0.4, 0.5) is 0 Å². The number of aromatic nitrogens is 3. The van der Waals surface area contributed by atoms with Gasteiger partial charge < -0.3 is 0 Å². The lowest BCUT2D eigenvalue weighted by Crippen LogP contribution is -2.00. The second kappa shape index (κ2) is 10.5. The molecule has 0 aliphatic rings. The lowest BCUT2D eigenvalue weighted by Gasteiger charge is -2.10. The first-order valence-corrected chi connectivity index (χ1v) is 15.8. The summed E-state index contributed by atoms with van der Waals surface area (Å²) in [6.07, 6.45) is 0. The normalized spacial score (nSPS) is 11.6. The Labute approximate surface area is 264 Å². The molecule has 7 aromatic carbocycles. The van der Waals surface area contributed by atoms with Crippen LogP contribution in [0, 0.1) is 0 Å². The molecule has 0 bridgehead atoms. The number of fused-ring (bicyclic) bond motifs is 5. The van der Waals surface area contributed by atoms with Gasteiger partial charge >= 0.3 is 0 Å². The molecule has 3 nitrogen and oxygen atoms in total. The van der Waals surface area contributed by atoms with E-state index in [-0.39, 0.29) is 0 Å². The van der Waals surface area contributed by atoms with Crippen molar-refractivity contribution in [1.29, 1.82) is 0 Å². The molecule has 210 valence electrons. The molecule has 0 aliphatic heterocycles. The predicted octanol–water partition coefficient (Wildman–Crippen LogP) is 11.2. The molecule has 0 spiro atoms. The van der Waals surface area contributed by atoms with Gasteiger partial charge in [0.2, 0.25) is 0 Å². The van der Waals surface area contributed by atoms with Crippen LogP contribution in [0.15, 0.2) is 152 Å². The number of nitrogens with zero attached hydrogens (tertiary/aromatic N) is 3. The Balaban J connectivity index is 1.20. The minimum atomic E-state index is 0.659. The molecule has 0 saturated carbocycles. The minimum absolute atomic E-state index is 0.659. The van der Waals surface area contributed by atoms with Crippen molar-refractivity contribution in [2.45, 2.75) is 0 Å². The Morgan fingerprint density at radius 3 is 1.64 bits per heavy atom. The van der Waals surface area contributed by atoms with Crippen LogP contribution in [0.2, 0.25) is 0 Å². The average molecular weight is 592 g/mol. The van der Waals surface area contributed by atoms with Crippen molar-refractivity contribution in [3.8, 4) is 45.3 Å². The summed E-state index contributed by atoms with van der Waals surface area (Å²) in [6.45, 7) is 0. The molecular formula is C41H25N3S. The van der Waals surface area contributed by atoms with Gasteiger partial charge in [0.1, 0.15) is 0 Å². The standard InChI is InChI=1S/C41H25N3S/c1-3-10-30-24-32(22-18-26(30)8-1)28-16-20-29(21-17-28)39-42-40(33-23-19-27-9-2-4-11-31(27)25-33)44-41(43-39)36-14-7-13-35-34-12-5-6-15-37(34)45-38(35)36/h1-25H. The molecule has 0 N–H and O–H groups in total. The van der Waals surface area contributed by atoms with Gasteiger partial charge in [-0.25, -0.2) is 15.0 Å². The zero-order valence-corrected chi connectivity index (χ0v) is 25.0. The summed E-state index contributed by atoms with van der Waals surface area (Å²) in [7, 11) is 0. The third-order valence-corrected chi connectivity index (χ3v) is 9.73. The van der Waals surface area contributed by atoms with Crippen molar-refractivity contribution < 1.29 is 0 Å². The lowest BCUT2D eigenvalue weighted by molar-refractivity contribution is 1.08. The molecule has 0 amide bonds. The van der Waals surface area contributed by atoms with Gasteiger partial charge in [-0.15, -0.1) is 11.3 Å². The van der Waals surface area contributed by atoms with Crippen LogP contribution in [0.5, 0.6) is 0 Å². The van der Waals surface area contributed by atoms with Crippen LogP contribution >= 0.6 is 11.3 Å². The van der Waals surface area contributed by atoms with E-state index in [1.807, 2.05) is 0 Å². The SMILES string of the molecule is c1ccc2cc(-c3ccc(-c4nc(-c5ccc6ccccc6c5)nc(-c5cccc6c5sc5ccccc56)n4)cc3)ccc2c1. The van der Waals surface area contributed by atoms with Gasteiger partial charge in [-0.05, 0) is 56.9 Å². The molecule has 9 rings (SSSR count). The molecule has 4 heteroatoms. The van der Waals surface area contributed by atoms with Crippen molar-refractivity contribution in [1.82, 2.24) is 15.0 Å². The highest BCUT2D eigenvalue weighted by Crippen LogP contribution is 2.39. The molecule has 9 aromatic rings. The van der Waals surface area contributed by atoms with E-state index in [4.69, 9.17) is 15.0 Å². The number of benzene rings is 7. The Bertz CT molecular complexity index is 2550. The zero-order valence-electron chi connectivity index (χ0n) is 24.2. The second-order valence-electron chi connectivity index (χ2n) is 11.3. The fourth-order valence-electron chi connectivity index (χ4n) is 6.19. The Morgan fingerprint density at radius 2 is 0.889 bits per heavy atom. The summed E-state index contributed by atoms with van der Waals surface area (Å²) in [5.74, 6) is 2.00. The van der Waals surface area contributed by atoms with E-state index < -0.39 is 0 Å². The van der Waals surface area contributed by atoms with E-state index >= 15 is 0 Å². The van der Waals surface area contributed by atoms with E-state index in [2.05, 4.69) is 152 Å². The summed E-state index contributed by atoms with van der Waals surface area (Å²) in [4.78, 5) is 15.3. The summed E-state index contributed by atoms with van der Waals surface area (Å²) in [6, 6.07) is 53.4. The zero-order chi connectivity index (χ0) is 29.7. The van der Waals surface area contributed by atoms with Gasteiger partial charge in [-0.1, -0.05) is 127 Å². The second-order valence-corrected chi connectivity index (χ2v) is 12.3. The van der Waals surface area contributed by atoms with Crippen molar-refractivity contribution in [3.63, 3.8) is 0 Å². The summed E-state index contributed by atoms with van der Waals surface area (Å²) in [5, 5.41) is 7.30. The average Bonchev–Trinajstić information content (AvgIpc) is 3.50. The molecule has 45 heavy (non-hydrogen) atoms. The smallest absolute Gasteiger partial charge is 0.165 e. The van der Waals surface area contributed by atoms with E-state index in [1.165, 1.54) is 41.9 Å². The van der Waals surface area contributed by atoms with Gasteiger partial charge in [-0.3, -0.25) is 0 Å². The van der Waals surface area contributed by atoms with Crippen molar-refractivity contribution >= 4 is 53.1 Å². The van der Waals surface area contributed by atoms with Gasteiger partial charge in [0.05, 0.1) is 0 Å². The summed E-state index contributed by atoms with van der Waals surface area (Å²) in [5.41, 5.74) is 5.28. The molecule has 0 radical (unpaired) electrons. The van der Waals surface area contributed by atoms with Gasteiger partial charge in [0.15, 0.2) is 17.5 Å². The number of hydrogen-bond acceptors (Lipinski definition) is 4. The molecule has 2 aromatic heterocycles. The Kier molecular flexibility index (Phi) is 6.00. The third kappa shape index (κ3) is 4.55. The molecule has 2 heterocycles. The third-order valence-electron chi connectivity index (χ3n) is 8.51. The van der Waals surface area contributed by atoms with Crippen LogP contribution in [-0.2, 0) is 0 Å². The monoisotopic (exact) mass is 591 g/mol. The highest BCUT2D eigenvalue weighted by molar-refractivity contribution is 7.26. The summed E-state index contributed by atoms with van der Waals surface area (Å²) < 4.78 is 2.44. The quantitative estimate of drug-likeness (QED) is 0.204. The van der Waals surface area contributed by atoms with Gasteiger partial charge in [0, 0.05) is 36.9 Å². The topological polar surface area (TPSA) is 38.7 Å². The maximum Gasteiger partial charge on any atom is 0.165 e. The first-order valence-electron chi connectivity index (χ1n) is 15.0. The van der Waals surface area contributed by atoms with Crippen molar-refractivity contribution in [2.75, 3.05) is 0 Å². The number of thiophene rings is 1. The highest BCUT2D eigenvalue weighted by Gasteiger charge is 2.17. The van der Waals surface area contributed by atoms with E-state index in [0.717, 1.165) is 27.6 Å². The largest absolute Gasteiger partial charge is 0.208 e. The number of rotatable bonds is 4. The molecule has 0 unspecified atom stereocenters. The summed E-state index contributed by atoms with van der Waals surface area (Å²) >= 11 is 1.79. The van der Waals surface area contributed by atoms with Crippen LogP contribution < -0.4 is 0 Å². The lowest BCUT2D eigenvalue weighted by atomic mass is 10.00. The van der Waals surface area contributed by atoms with E-state index in [1.54, 1.807) is 11.3 Å². The molecule has 0 aliphatic carbocycles. The van der Waals surface area contributed by atoms with Crippen LogP contribution in [-0.4, -0.2) is 15.0 Å². The van der Waals surface area contributed by atoms with Crippen LogP contribution in [0.1, 0.15) is 0 Å². The fourth-order valence-corrected chi connectivity index (χ4v) is 7.40.